The van der Waals surface area contributed by atoms with Gasteiger partial charge in [0.2, 0.25) is 0 Å². The van der Waals surface area contributed by atoms with Gasteiger partial charge in [-0.3, -0.25) is 0 Å². The van der Waals surface area contributed by atoms with E-state index in [-0.39, 0.29) is 27.2 Å². The van der Waals surface area contributed by atoms with Gasteiger partial charge in [0.25, 0.3) is 0 Å². The van der Waals surface area contributed by atoms with E-state index in [0.29, 0.717) is 0 Å². The molecule has 122 valence electrons. The minimum absolute atomic E-state index is 0. The summed E-state index contributed by atoms with van der Waals surface area (Å²) in [5.41, 5.74) is 0. The van der Waals surface area contributed by atoms with Gasteiger partial charge in [-0.05, 0) is 47.3 Å². The SMILES string of the molecule is C.CCN(CC)CC.CCOCC.CCOCC.[GaH3]. The molecule has 0 atom stereocenters. The summed E-state index contributed by atoms with van der Waals surface area (Å²) in [6.07, 6.45) is 0. The first-order chi connectivity index (χ1) is 8.17. The summed E-state index contributed by atoms with van der Waals surface area (Å²) >= 11 is 0. The Balaban J connectivity index is -0.0000000500. The average molecular weight is 338 g/mol. The third kappa shape index (κ3) is 45.7. The molecule has 0 unspecified atom stereocenters. The first-order valence-corrected chi connectivity index (χ1v) is 7.05. The Morgan fingerprint density at radius 1 is 0.579 bits per heavy atom. The van der Waals surface area contributed by atoms with E-state index in [2.05, 4.69) is 25.7 Å². The molecular weight excluding hydrogens is 296 g/mol. The molecule has 0 rings (SSSR count). The van der Waals surface area contributed by atoms with Gasteiger partial charge in [0.1, 0.15) is 0 Å². The molecule has 0 saturated carbocycles. The minimum atomic E-state index is 0. The van der Waals surface area contributed by atoms with Crippen molar-refractivity contribution in [2.24, 2.45) is 0 Å². The molecule has 0 aliphatic heterocycles. The number of rotatable bonds is 7. The van der Waals surface area contributed by atoms with Crippen LogP contribution in [0.2, 0.25) is 0 Å². The van der Waals surface area contributed by atoms with E-state index in [0.717, 1.165) is 26.4 Å². The zero-order chi connectivity index (χ0) is 13.9. The number of hydrogen-bond donors (Lipinski definition) is 0. The molecule has 0 N–H and O–H groups in total. The van der Waals surface area contributed by atoms with Crippen molar-refractivity contribution >= 4 is 19.8 Å². The Kier molecular flexibility index (Phi) is 60.6. The summed E-state index contributed by atoms with van der Waals surface area (Å²) in [6.45, 7) is 21.5. The topological polar surface area (TPSA) is 21.7 Å². The molecule has 19 heavy (non-hydrogen) atoms. The molecular formula is C15H42GaNO2. The fourth-order valence-corrected chi connectivity index (χ4v) is 1.08. The van der Waals surface area contributed by atoms with E-state index < -0.39 is 0 Å². The molecule has 0 fully saturated rings. The first-order valence-electron chi connectivity index (χ1n) is 7.05. The van der Waals surface area contributed by atoms with Crippen LogP contribution in [0.25, 0.3) is 0 Å². The second-order valence-corrected chi connectivity index (χ2v) is 3.18. The summed E-state index contributed by atoms with van der Waals surface area (Å²) < 4.78 is 9.67. The second kappa shape index (κ2) is 36.3. The van der Waals surface area contributed by atoms with Gasteiger partial charge in [0, 0.05) is 26.4 Å². The predicted molar refractivity (Wildman–Crippen MR) is 94.5 cm³/mol. The summed E-state index contributed by atoms with van der Waals surface area (Å²) in [7, 11) is 0. The first kappa shape index (κ1) is 31.8. The maximum absolute atomic E-state index is 4.83. The fourth-order valence-electron chi connectivity index (χ4n) is 1.08. The molecule has 3 nitrogen and oxygen atoms in total. The molecule has 0 spiro atoms. The molecule has 0 aromatic carbocycles. The quantitative estimate of drug-likeness (QED) is 0.667. The van der Waals surface area contributed by atoms with Gasteiger partial charge in [0.15, 0.2) is 0 Å². The van der Waals surface area contributed by atoms with E-state index in [1.165, 1.54) is 19.6 Å². The van der Waals surface area contributed by atoms with Crippen molar-refractivity contribution in [2.45, 2.75) is 55.9 Å². The molecule has 0 aromatic heterocycles. The normalized spacial score (nSPS) is 8.21. The Labute approximate surface area is 136 Å². The number of hydrogen-bond acceptors (Lipinski definition) is 3. The van der Waals surface area contributed by atoms with E-state index in [9.17, 15) is 0 Å². The van der Waals surface area contributed by atoms with E-state index in [1.807, 2.05) is 27.7 Å². The molecule has 0 saturated heterocycles. The van der Waals surface area contributed by atoms with Gasteiger partial charge in [-0.2, -0.15) is 0 Å². The standard InChI is InChI=1S/C6H15N.2C4H10O.CH4.Ga.3H/c1-4-7(5-2)6-3;2*1-3-5-4-2;;;;;/h4-6H2,1-3H3;2*3-4H2,1-2H3;1H4;;;;. The predicted octanol–water partition coefficient (Wildman–Crippen LogP) is 2.89. The molecule has 0 aliphatic carbocycles. The third-order valence-electron chi connectivity index (χ3n) is 2.16. The van der Waals surface area contributed by atoms with Gasteiger partial charge in [-0.25, -0.2) is 0 Å². The van der Waals surface area contributed by atoms with Gasteiger partial charge in [0.05, 0.1) is 0 Å². The van der Waals surface area contributed by atoms with Gasteiger partial charge in [-0.1, -0.05) is 28.2 Å². The third-order valence-corrected chi connectivity index (χ3v) is 2.16. The molecule has 0 heterocycles. The summed E-state index contributed by atoms with van der Waals surface area (Å²) in [5, 5.41) is 0. The maximum atomic E-state index is 4.83. The van der Waals surface area contributed by atoms with Crippen LogP contribution in [0.1, 0.15) is 55.9 Å². The van der Waals surface area contributed by atoms with E-state index in [1.54, 1.807) is 0 Å². The van der Waals surface area contributed by atoms with Crippen LogP contribution in [-0.4, -0.2) is 70.8 Å². The zero-order valence-electron chi connectivity index (χ0n) is 13.2. The van der Waals surface area contributed by atoms with Crippen molar-refractivity contribution in [3.8, 4) is 0 Å². The molecule has 0 amide bonds. The van der Waals surface area contributed by atoms with Crippen molar-refractivity contribution in [3.63, 3.8) is 0 Å². The summed E-state index contributed by atoms with van der Waals surface area (Å²) in [4.78, 5) is 2.38. The van der Waals surface area contributed by atoms with Crippen molar-refractivity contribution in [3.05, 3.63) is 0 Å². The van der Waals surface area contributed by atoms with E-state index >= 15 is 0 Å². The van der Waals surface area contributed by atoms with E-state index in [4.69, 9.17) is 9.47 Å². The van der Waals surface area contributed by atoms with Gasteiger partial charge < -0.3 is 14.4 Å². The number of nitrogens with zero attached hydrogens (tertiary/aromatic N) is 1. The molecule has 0 aromatic rings. The van der Waals surface area contributed by atoms with Crippen LogP contribution in [0, 0.1) is 0 Å². The average Bonchev–Trinajstić information content (AvgIpc) is 2.35. The van der Waals surface area contributed by atoms with Crippen molar-refractivity contribution in [1.82, 2.24) is 4.90 Å². The summed E-state index contributed by atoms with van der Waals surface area (Å²) in [6, 6.07) is 0. The van der Waals surface area contributed by atoms with Crippen LogP contribution in [0.3, 0.4) is 0 Å². The molecule has 0 bridgehead atoms. The van der Waals surface area contributed by atoms with Crippen LogP contribution < -0.4 is 0 Å². The van der Waals surface area contributed by atoms with Crippen LogP contribution in [0.5, 0.6) is 0 Å². The monoisotopic (exact) mass is 337 g/mol. The Morgan fingerprint density at radius 3 is 0.789 bits per heavy atom. The van der Waals surface area contributed by atoms with Gasteiger partial charge in [-0.15, -0.1) is 0 Å². The Bertz CT molecular complexity index is 86.6. The molecule has 0 aliphatic rings. The molecule has 4 heteroatoms. The van der Waals surface area contributed by atoms with Crippen molar-refractivity contribution < 1.29 is 9.47 Å². The summed E-state index contributed by atoms with van der Waals surface area (Å²) in [5.74, 6) is 0. The van der Waals surface area contributed by atoms with Gasteiger partial charge >= 0.3 is 19.8 Å². The van der Waals surface area contributed by atoms with Crippen LogP contribution >= 0.6 is 0 Å². The van der Waals surface area contributed by atoms with Crippen LogP contribution in [0.15, 0.2) is 0 Å². The number of ether oxygens (including phenoxy) is 2. The fraction of sp³-hybridized carbons (Fsp3) is 1.00. The van der Waals surface area contributed by atoms with Crippen LogP contribution in [-0.2, 0) is 9.47 Å². The Morgan fingerprint density at radius 2 is 0.789 bits per heavy atom. The van der Waals surface area contributed by atoms with Crippen molar-refractivity contribution in [1.29, 1.82) is 0 Å². The van der Waals surface area contributed by atoms with Crippen LogP contribution in [0.4, 0.5) is 0 Å². The van der Waals surface area contributed by atoms with Crippen molar-refractivity contribution in [2.75, 3.05) is 46.1 Å². The molecule has 0 radical (unpaired) electrons. The Hall–Kier alpha value is 0.516. The second-order valence-electron chi connectivity index (χ2n) is 3.18. The zero-order valence-corrected chi connectivity index (χ0v) is 13.2.